The minimum Gasteiger partial charge on any atom is -0.492 e. The molecule has 1 aliphatic heterocycles. The topological polar surface area (TPSA) is 66.8 Å². The number of benzene rings is 1. The number of thiophene rings is 1. The van der Waals surface area contributed by atoms with Gasteiger partial charge in [0, 0.05) is 28.4 Å². The summed E-state index contributed by atoms with van der Waals surface area (Å²) in [7, 11) is -3.56. The van der Waals surface area contributed by atoms with Gasteiger partial charge in [-0.15, -0.1) is 11.3 Å². The fraction of sp³-hybridized carbons (Fsp3) is 0.375. The van der Waals surface area contributed by atoms with Gasteiger partial charge in [0.1, 0.15) is 12.4 Å². The van der Waals surface area contributed by atoms with Crippen LogP contribution in [0.1, 0.15) is 20.9 Å². The van der Waals surface area contributed by atoms with Gasteiger partial charge in [0.15, 0.2) is 0 Å². The lowest BCUT2D eigenvalue weighted by Gasteiger charge is -2.19. The van der Waals surface area contributed by atoms with Crippen molar-refractivity contribution in [3.63, 3.8) is 0 Å². The highest BCUT2D eigenvalue weighted by Crippen LogP contribution is 2.31. The summed E-state index contributed by atoms with van der Waals surface area (Å²) >= 11 is 1.49. The van der Waals surface area contributed by atoms with E-state index in [9.17, 15) is 13.5 Å². The molecule has 5 nitrogen and oxygen atoms in total. The van der Waals surface area contributed by atoms with Gasteiger partial charge < -0.3 is 9.84 Å². The Morgan fingerprint density at radius 3 is 2.74 bits per heavy atom. The van der Waals surface area contributed by atoms with E-state index in [0.29, 0.717) is 23.8 Å². The largest absolute Gasteiger partial charge is 0.492 e. The number of hydrogen-bond donors (Lipinski definition) is 1. The molecule has 2 aromatic rings. The van der Waals surface area contributed by atoms with E-state index in [2.05, 4.69) is 0 Å². The Balaban J connectivity index is 1.98. The molecule has 23 heavy (non-hydrogen) atoms. The molecule has 0 saturated heterocycles. The molecule has 1 aromatic heterocycles. The Bertz CT molecular complexity index is 827. The lowest BCUT2D eigenvalue weighted by atomic mass is 10.1. The Labute approximate surface area is 140 Å². The molecule has 0 bridgehead atoms. The minimum atomic E-state index is -3.56. The quantitative estimate of drug-likeness (QED) is 0.920. The normalized spacial score (nSPS) is 15.8. The van der Waals surface area contributed by atoms with Crippen molar-refractivity contribution in [2.24, 2.45) is 0 Å². The maximum atomic E-state index is 13.0. The van der Waals surface area contributed by atoms with Gasteiger partial charge in [-0.2, -0.15) is 4.31 Å². The number of hydrogen-bond acceptors (Lipinski definition) is 5. The first-order chi connectivity index (χ1) is 10.9. The van der Waals surface area contributed by atoms with E-state index in [1.165, 1.54) is 15.6 Å². The Morgan fingerprint density at radius 2 is 2.09 bits per heavy atom. The van der Waals surface area contributed by atoms with E-state index in [4.69, 9.17) is 4.74 Å². The van der Waals surface area contributed by atoms with E-state index in [1.54, 1.807) is 24.3 Å². The lowest BCUT2D eigenvalue weighted by Crippen LogP contribution is -2.32. The zero-order chi connectivity index (χ0) is 16.6. The second kappa shape index (κ2) is 6.24. The molecule has 0 atom stereocenters. The standard InChI is InChI=1S/C16H19NO4S2/c1-11-7-16(12(2)22-11)23(19,20)17-5-6-21-15-4-3-13(10-18)8-14(15)9-17/h3-4,7-8,18H,5-6,9-10H2,1-2H3. The molecule has 0 fully saturated rings. The van der Waals surface area contributed by atoms with Crippen LogP contribution in [-0.2, 0) is 23.2 Å². The second-order valence-electron chi connectivity index (χ2n) is 5.56. The predicted molar refractivity (Wildman–Crippen MR) is 89.2 cm³/mol. The molecule has 1 aliphatic rings. The van der Waals surface area contributed by atoms with Gasteiger partial charge in [-0.05, 0) is 37.6 Å². The summed E-state index contributed by atoms with van der Waals surface area (Å²) < 4.78 is 33.0. The minimum absolute atomic E-state index is 0.0805. The smallest absolute Gasteiger partial charge is 0.244 e. The van der Waals surface area contributed by atoms with Crippen LogP contribution in [0.25, 0.3) is 0 Å². The maximum absolute atomic E-state index is 13.0. The van der Waals surface area contributed by atoms with Crippen molar-refractivity contribution in [1.29, 1.82) is 0 Å². The third kappa shape index (κ3) is 3.14. The highest BCUT2D eigenvalue weighted by Gasteiger charge is 2.30. The van der Waals surface area contributed by atoms with Gasteiger partial charge >= 0.3 is 0 Å². The Hall–Kier alpha value is -1.41. The van der Waals surface area contributed by atoms with Crippen molar-refractivity contribution in [1.82, 2.24) is 4.31 Å². The van der Waals surface area contributed by atoms with E-state index in [-0.39, 0.29) is 13.2 Å². The summed E-state index contributed by atoms with van der Waals surface area (Å²) in [6.45, 7) is 4.52. The monoisotopic (exact) mass is 353 g/mol. The summed E-state index contributed by atoms with van der Waals surface area (Å²) in [4.78, 5) is 2.16. The molecule has 1 aromatic carbocycles. The van der Waals surface area contributed by atoms with Crippen LogP contribution in [0, 0.1) is 13.8 Å². The summed E-state index contributed by atoms with van der Waals surface area (Å²) in [6.07, 6.45) is 0. The van der Waals surface area contributed by atoms with Crippen LogP contribution < -0.4 is 4.74 Å². The van der Waals surface area contributed by atoms with Crippen molar-refractivity contribution in [3.05, 3.63) is 45.1 Å². The SMILES string of the molecule is Cc1cc(S(=O)(=O)N2CCOc3ccc(CO)cc3C2)c(C)s1. The fourth-order valence-electron chi connectivity index (χ4n) is 2.73. The van der Waals surface area contributed by atoms with E-state index < -0.39 is 10.0 Å². The van der Waals surface area contributed by atoms with Crippen molar-refractivity contribution in [2.45, 2.75) is 31.9 Å². The van der Waals surface area contributed by atoms with Crippen LogP contribution in [0.15, 0.2) is 29.2 Å². The molecular formula is C16H19NO4S2. The summed E-state index contributed by atoms with van der Waals surface area (Å²) in [5.41, 5.74) is 1.52. The summed E-state index contributed by atoms with van der Waals surface area (Å²) in [5, 5.41) is 9.28. The third-order valence-electron chi connectivity index (χ3n) is 3.87. The number of rotatable bonds is 3. The molecule has 124 valence electrons. The lowest BCUT2D eigenvalue weighted by molar-refractivity contribution is 0.281. The van der Waals surface area contributed by atoms with Gasteiger partial charge in [0.25, 0.3) is 0 Å². The van der Waals surface area contributed by atoms with Crippen LogP contribution in [-0.4, -0.2) is 31.0 Å². The van der Waals surface area contributed by atoms with Crippen molar-refractivity contribution >= 4 is 21.4 Å². The van der Waals surface area contributed by atoms with Gasteiger partial charge in [-0.25, -0.2) is 8.42 Å². The van der Waals surface area contributed by atoms with Crippen LogP contribution in [0.4, 0.5) is 0 Å². The first-order valence-corrected chi connectivity index (χ1v) is 9.60. The molecule has 0 spiro atoms. The van der Waals surface area contributed by atoms with Gasteiger partial charge in [0.2, 0.25) is 10.0 Å². The fourth-order valence-corrected chi connectivity index (χ4v) is 5.66. The highest BCUT2D eigenvalue weighted by molar-refractivity contribution is 7.89. The first kappa shape index (κ1) is 16.4. The summed E-state index contributed by atoms with van der Waals surface area (Å²) in [5.74, 6) is 0.679. The second-order valence-corrected chi connectivity index (χ2v) is 8.93. The molecule has 7 heteroatoms. The maximum Gasteiger partial charge on any atom is 0.244 e. The van der Waals surface area contributed by atoms with Crippen molar-refractivity contribution < 1.29 is 18.3 Å². The number of nitrogens with zero attached hydrogens (tertiary/aromatic N) is 1. The van der Waals surface area contributed by atoms with Crippen LogP contribution >= 0.6 is 11.3 Å². The summed E-state index contributed by atoms with van der Waals surface area (Å²) in [6, 6.07) is 7.10. The van der Waals surface area contributed by atoms with Crippen LogP contribution in [0.3, 0.4) is 0 Å². The van der Waals surface area contributed by atoms with Crippen molar-refractivity contribution in [2.75, 3.05) is 13.2 Å². The van der Waals surface area contributed by atoms with E-state index in [0.717, 1.165) is 20.9 Å². The van der Waals surface area contributed by atoms with E-state index in [1.807, 2.05) is 13.8 Å². The molecule has 3 rings (SSSR count). The van der Waals surface area contributed by atoms with Gasteiger partial charge in [-0.3, -0.25) is 0 Å². The average Bonchev–Trinajstić information content (AvgIpc) is 2.74. The number of aryl methyl sites for hydroxylation is 2. The Kier molecular flexibility index (Phi) is 4.46. The molecular weight excluding hydrogens is 334 g/mol. The number of aliphatic hydroxyl groups is 1. The van der Waals surface area contributed by atoms with Gasteiger partial charge in [0.05, 0.1) is 11.5 Å². The number of sulfonamides is 1. The zero-order valence-corrected chi connectivity index (χ0v) is 14.7. The van der Waals surface area contributed by atoms with Crippen LogP contribution in [0.2, 0.25) is 0 Å². The van der Waals surface area contributed by atoms with E-state index >= 15 is 0 Å². The zero-order valence-electron chi connectivity index (χ0n) is 13.1. The first-order valence-electron chi connectivity index (χ1n) is 7.34. The molecule has 0 aliphatic carbocycles. The van der Waals surface area contributed by atoms with Crippen LogP contribution in [0.5, 0.6) is 5.75 Å². The molecule has 1 N–H and O–H groups in total. The average molecular weight is 353 g/mol. The highest BCUT2D eigenvalue weighted by atomic mass is 32.2. The molecule has 0 unspecified atom stereocenters. The van der Waals surface area contributed by atoms with Gasteiger partial charge in [-0.1, -0.05) is 6.07 Å². The van der Waals surface area contributed by atoms with Crippen molar-refractivity contribution in [3.8, 4) is 5.75 Å². The third-order valence-corrected chi connectivity index (χ3v) is 6.93. The Morgan fingerprint density at radius 1 is 1.30 bits per heavy atom. The number of aliphatic hydroxyl groups excluding tert-OH is 1. The molecule has 0 amide bonds. The predicted octanol–water partition coefficient (Wildman–Crippen LogP) is 2.44. The molecule has 0 saturated carbocycles. The number of fused-ring (bicyclic) bond motifs is 1. The number of ether oxygens (including phenoxy) is 1. The molecule has 2 heterocycles. The molecule has 0 radical (unpaired) electrons.